The molecule has 21 heavy (non-hydrogen) atoms. The number of carboxylic acid groups (broad SMARTS) is 1. The second-order valence-corrected chi connectivity index (χ2v) is 4.50. The second-order valence-electron chi connectivity index (χ2n) is 4.50. The van der Waals surface area contributed by atoms with Crippen molar-refractivity contribution < 1.29 is 24.6 Å². The molecule has 0 aliphatic carbocycles. The average molecular weight is 295 g/mol. The number of hydrogen-bond acceptors (Lipinski definition) is 4. The zero-order chi connectivity index (χ0) is 16.0. The molecule has 0 radical (unpaired) electrons. The Morgan fingerprint density at radius 2 is 1.76 bits per heavy atom. The summed E-state index contributed by atoms with van der Waals surface area (Å²) in [5, 5.41) is 22.8. The van der Waals surface area contributed by atoms with E-state index in [2.05, 4.69) is 10.6 Å². The normalized spacial score (nSPS) is 13.0. The van der Waals surface area contributed by atoms with Crippen LogP contribution in [0.3, 0.4) is 0 Å². The van der Waals surface area contributed by atoms with Crippen molar-refractivity contribution >= 4 is 17.9 Å². The topological polar surface area (TPSA) is 142 Å². The number of phenols is 1. The summed E-state index contributed by atoms with van der Waals surface area (Å²) in [6.45, 7) is 1.39. The Kier molecular flexibility index (Phi) is 5.53. The van der Waals surface area contributed by atoms with E-state index in [0.717, 1.165) is 0 Å². The molecule has 114 valence electrons. The molecule has 0 heterocycles. The number of nitrogens with one attached hydrogen (secondary N) is 2. The van der Waals surface area contributed by atoms with Crippen LogP contribution in [0.4, 0.5) is 4.79 Å². The van der Waals surface area contributed by atoms with Crippen molar-refractivity contribution in [3.05, 3.63) is 29.8 Å². The summed E-state index contributed by atoms with van der Waals surface area (Å²) in [4.78, 5) is 33.6. The van der Waals surface area contributed by atoms with E-state index in [1.165, 1.54) is 19.1 Å². The molecule has 0 aliphatic heterocycles. The first kappa shape index (κ1) is 16.3. The maximum Gasteiger partial charge on any atom is 0.326 e. The fourth-order valence-electron chi connectivity index (χ4n) is 1.64. The van der Waals surface area contributed by atoms with Gasteiger partial charge in [-0.05, 0) is 24.6 Å². The predicted octanol–water partition coefficient (Wildman–Crippen LogP) is -0.439. The highest BCUT2D eigenvalue weighted by Gasteiger charge is 2.23. The van der Waals surface area contributed by atoms with E-state index in [1.807, 2.05) is 0 Å². The predicted molar refractivity (Wildman–Crippen MR) is 73.6 cm³/mol. The maximum atomic E-state index is 11.8. The molecule has 0 aliphatic rings. The van der Waals surface area contributed by atoms with Gasteiger partial charge in [-0.2, -0.15) is 0 Å². The number of phenolic OH excluding ortho intramolecular Hbond substituents is 1. The van der Waals surface area contributed by atoms with Crippen LogP contribution in [-0.4, -0.2) is 40.2 Å². The monoisotopic (exact) mass is 295 g/mol. The zero-order valence-electron chi connectivity index (χ0n) is 11.4. The van der Waals surface area contributed by atoms with Crippen molar-refractivity contribution in [2.75, 3.05) is 0 Å². The van der Waals surface area contributed by atoms with E-state index in [9.17, 15) is 14.4 Å². The van der Waals surface area contributed by atoms with Crippen molar-refractivity contribution in [3.8, 4) is 5.75 Å². The van der Waals surface area contributed by atoms with E-state index in [1.54, 1.807) is 12.1 Å². The van der Waals surface area contributed by atoms with Crippen LogP contribution in [0.2, 0.25) is 0 Å². The highest BCUT2D eigenvalue weighted by molar-refractivity contribution is 5.89. The first-order valence-electron chi connectivity index (χ1n) is 6.16. The Hall–Kier alpha value is -2.77. The quantitative estimate of drug-likeness (QED) is 0.483. The molecule has 1 aromatic rings. The molecule has 8 nitrogen and oxygen atoms in total. The number of carbonyl (C=O) groups is 3. The van der Waals surface area contributed by atoms with Gasteiger partial charge in [0.25, 0.3) is 0 Å². The maximum absolute atomic E-state index is 11.8. The minimum atomic E-state index is -1.21. The SMILES string of the molecule is CC(NC(N)=O)C(=O)NC(Cc1ccc(O)cc1)C(=O)O. The Morgan fingerprint density at radius 3 is 2.24 bits per heavy atom. The summed E-state index contributed by atoms with van der Waals surface area (Å²) in [6.07, 6.45) is 0.0463. The van der Waals surface area contributed by atoms with Gasteiger partial charge in [-0.15, -0.1) is 0 Å². The van der Waals surface area contributed by atoms with Gasteiger partial charge < -0.3 is 26.6 Å². The number of rotatable bonds is 6. The van der Waals surface area contributed by atoms with Crippen LogP contribution in [0.1, 0.15) is 12.5 Å². The van der Waals surface area contributed by atoms with Crippen LogP contribution in [-0.2, 0) is 16.0 Å². The lowest BCUT2D eigenvalue weighted by atomic mass is 10.1. The third kappa shape index (κ3) is 5.39. The van der Waals surface area contributed by atoms with Gasteiger partial charge in [-0.1, -0.05) is 12.1 Å². The number of hydrogen-bond donors (Lipinski definition) is 5. The number of aliphatic carboxylic acids is 1. The summed E-state index contributed by atoms with van der Waals surface area (Å²) >= 11 is 0. The highest BCUT2D eigenvalue weighted by atomic mass is 16.4. The molecule has 3 amide bonds. The fourth-order valence-corrected chi connectivity index (χ4v) is 1.64. The number of carboxylic acids is 1. The number of amides is 3. The summed E-state index contributed by atoms with van der Waals surface area (Å²) in [7, 11) is 0. The number of benzene rings is 1. The zero-order valence-corrected chi connectivity index (χ0v) is 11.4. The summed E-state index contributed by atoms with van der Waals surface area (Å²) in [5.41, 5.74) is 5.52. The molecule has 2 unspecified atom stereocenters. The number of carbonyl (C=O) groups excluding carboxylic acids is 2. The number of nitrogens with two attached hydrogens (primary N) is 1. The van der Waals surface area contributed by atoms with E-state index in [4.69, 9.17) is 15.9 Å². The van der Waals surface area contributed by atoms with Gasteiger partial charge in [0.05, 0.1) is 0 Å². The van der Waals surface area contributed by atoms with Crippen molar-refractivity contribution in [2.24, 2.45) is 5.73 Å². The van der Waals surface area contributed by atoms with Gasteiger partial charge in [0.2, 0.25) is 5.91 Å². The fraction of sp³-hybridized carbons (Fsp3) is 0.308. The average Bonchev–Trinajstić information content (AvgIpc) is 2.39. The van der Waals surface area contributed by atoms with Crippen LogP contribution in [0.5, 0.6) is 5.75 Å². The minimum absolute atomic E-state index is 0.0463. The lowest BCUT2D eigenvalue weighted by molar-refractivity contribution is -0.142. The third-order valence-electron chi connectivity index (χ3n) is 2.74. The van der Waals surface area contributed by atoms with Crippen LogP contribution in [0.25, 0.3) is 0 Å². The van der Waals surface area contributed by atoms with Crippen molar-refractivity contribution in [1.29, 1.82) is 0 Å². The minimum Gasteiger partial charge on any atom is -0.508 e. The van der Waals surface area contributed by atoms with Gasteiger partial charge in [0.15, 0.2) is 0 Å². The first-order chi connectivity index (χ1) is 9.79. The van der Waals surface area contributed by atoms with E-state index in [-0.39, 0.29) is 12.2 Å². The highest BCUT2D eigenvalue weighted by Crippen LogP contribution is 2.11. The largest absolute Gasteiger partial charge is 0.508 e. The van der Waals surface area contributed by atoms with Crippen LogP contribution < -0.4 is 16.4 Å². The lowest BCUT2D eigenvalue weighted by Crippen LogP contribution is -2.52. The smallest absolute Gasteiger partial charge is 0.326 e. The Bertz CT molecular complexity index is 529. The molecule has 6 N–H and O–H groups in total. The second kappa shape index (κ2) is 7.13. The Labute approximate surface area is 120 Å². The Balaban J connectivity index is 2.69. The molecule has 0 aromatic heterocycles. The van der Waals surface area contributed by atoms with Gasteiger partial charge in [0.1, 0.15) is 17.8 Å². The molecule has 0 saturated carbocycles. The van der Waals surface area contributed by atoms with E-state index in [0.29, 0.717) is 5.56 Å². The van der Waals surface area contributed by atoms with Crippen LogP contribution in [0, 0.1) is 0 Å². The number of aromatic hydroxyl groups is 1. The van der Waals surface area contributed by atoms with Crippen LogP contribution in [0.15, 0.2) is 24.3 Å². The molecule has 0 fully saturated rings. The summed E-state index contributed by atoms with van der Waals surface area (Å²) < 4.78 is 0. The van der Waals surface area contributed by atoms with Gasteiger partial charge in [-0.25, -0.2) is 9.59 Å². The molecule has 2 atom stereocenters. The molecule has 0 saturated heterocycles. The molecule has 0 spiro atoms. The molecule has 1 aromatic carbocycles. The van der Waals surface area contributed by atoms with E-state index >= 15 is 0 Å². The number of primary amides is 1. The molecule has 1 rings (SSSR count). The summed E-state index contributed by atoms with van der Waals surface area (Å²) in [5.74, 6) is -1.79. The molecular weight excluding hydrogens is 278 g/mol. The van der Waals surface area contributed by atoms with Gasteiger partial charge in [0, 0.05) is 6.42 Å². The van der Waals surface area contributed by atoms with E-state index < -0.39 is 30.0 Å². The molecule has 0 bridgehead atoms. The lowest BCUT2D eigenvalue weighted by Gasteiger charge is -2.18. The Morgan fingerprint density at radius 1 is 1.19 bits per heavy atom. The number of urea groups is 1. The van der Waals surface area contributed by atoms with Crippen molar-refractivity contribution in [3.63, 3.8) is 0 Å². The standard InChI is InChI=1S/C13H17N3O5/c1-7(15-13(14)21)11(18)16-10(12(19)20)6-8-2-4-9(17)5-3-8/h2-5,7,10,17H,6H2,1H3,(H,16,18)(H,19,20)(H3,14,15,21). The van der Waals surface area contributed by atoms with Gasteiger partial charge >= 0.3 is 12.0 Å². The van der Waals surface area contributed by atoms with Crippen molar-refractivity contribution in [1.82, 2.24) is 10.6 Å². The third-order valence-corrected chi connectivity index (χ3v) is 2.74. The molecular formula is C13H17N3O5. The molecule has 8 heteroatoms. The van der Waals surface area contributed by atoms with Gasteiger partial charge in [-0.3, -0.25) is 4.79 Å². The first-order valence-corrected chi connectivity index (χ1v) is 6.16. The summed E-state index contributed by atoms with van der Waals surface area (Å²) in [6, 6.07) is 3.00. The van der Waals surface area contributed by atoms with Crippen molar-refractivity contribution in [2.45, 2.75) is 25.4 Å². The van der Waals surface area contributed by atoms with Crippen LogP contribution >= 0.6 is 0 Å².